The summed E-state index contributed by atoms with van der Waals surface area (Å²) in [6, 6.07) is 55.1. The molecule has 11 aromatic rings. The van der Waals surface area contributed by atoms with Crippen molar-refractivity contribution in [1.82, 2.24) is 24.5 Å². The van der Waals surface area contributed by atoms with E-state index in [4.69, 9.17) is 24.4 Å². The van der Waals surface area contributed by atoms with Crippen molar-refractivity contribution in [1.29, 1.82) is 5.26 Å². The van der Waals surface area contributed by atoms with Crippen LogP contribution in [0.5, 0.6) is 0 Å². The van der Waals surface area contributed by atoms with E-state index in [0.29, 0.717) is 23.2 Å². The fourth-order valence-corrected chi connectivity index (χ4v) is 7.85. The standard InChI is InChI=1S/C47H26N6O/c48-27-28-11-10-14-30(25-28)45-50-46(52-47(51-45)53-38-18-7-4-15-32(38)33-16-5-8-19-39(33)53)31-21-22-34-37(26-31)49-44(29-12-2-1-3-13-29)36-23-24-41-43(42(34)36)35-17-6-9-20-40(35)54-41/h1-26H. The molecule has 54 heavy (non-hydrogen) atoms. The van der Waals surface area contributed by atoms with Crippen molar-refractivity contribution >= 4 is 65.4 Å². The lowest BCUT2D eigenvalue weighted by molar-refractivity contribution is 0.669. The predicted molar refractivity (Wildman–Crippen MR) is 215 cm³/mol. The highest BCUT2D eigenvalue weighted by atomic mass is 16.3. The van der Waals surface area contributed by atoms with Crippen molar-refractivity contribution < 1.29 is 4.42 Å². The molecule has 4 heterocycles. The molecule has 0 bridgehead atoms. The van der Waals surface area contributed by atoms with E-state index < -0.39 is 0 Å². The van der Waals surface area contributed by atoms with Crippen molar-refractivity contribution in [3.63, 3.8) is 0 Å². The molecule has 0 aliphatic rings. The molecule has 7 aromatic carbocycles. The molecular weight excluding hydrogens is 665 g/mol. The molecule has 0 aliphatic heterocycles. The first kappa shape index (κ1) is 30.0. The van der Waals surface area contributed by atoms with Crippen molar-refractivity contribution in [2.45, 2.75) is 0 Å². The number of aromatic nitrogens is 5. The Hall–Kier alpha value is -7.69. The number of furan rings is 1. The van der Waals surface area contributed by atoms with Crippen LogP contribution in [0.1, 0.15) is 5.56 Å². The lowest BCUT2D eigenvalue weighted by Crippen LogP contribution is -2.06. The zero-order valence-electron chi connectivity index (χ0n) is 28.6. The Labute approximate surface area is 308 Å². The molecule has 0 atom stereocenters. The third-order valence-electron chi connectivity index (χ3n) is 10.3. The highest BCUT2D eigenvalue weighted by molar-refractivity contribution is 6.28. The normalized spacial score (nSPS) is 11.7. The SMILES string of the molecule is N#Cc1cccc(-c2nc(-c3ccc4c(c3)nc(-c3ccccc3)c3ccc5oc6ccccc6c5c34)nc(-n3c4ccccc4c4ccccc43)n2)c1. The van der Waals surface area contributed by atoms with E-state index in [9.17, 15) is 5.26 Å². The fraction of sp³-hybridized carbons (Fsp3) is 0. The van der Waals surface area contributed by atoms with Crippen LogP contribution in [0.3, 0.4) is 0 Å². The summed E-state index contributed by atoms with van der Waals surface area (Å²) in [5.41, 5.74) is 8.42. The molecule has 0 amide bonds. The van der Waals surface area contributed by atoms with Gasteiger partial charge < -0.3 is 4.42 Å². The van der Waals surface area contributed by atoms with Crippen LogP contribution in [-0.2, 0) is 0 Å². The van der Waals surface area contributed by atoms with Crippen LogP contribution in [-0.4, -0.2) is 24.5 Å². The largest absolute Gasteiger partial charge is 0.456 e. The topological polar surface area (TPSA) is 93.4 Å². The number of fused-ring (bicyclic) bond motifs is 10. The third kappa shape index (κ3) is 4.54. The summed E-state index contributed by atoms with van der Waals surface area (Å²) in [5.74, 6) is 1.45. The minimum absolute atomic E-state index is 0.470. The molecule has 0 N–H and O–H groups in total. The molecule has 0 unspecified atom stereocenters. The molecule has 0 saturated heterocycles. The van der Waals surface area contributed by atoms with Crippen LogP contribution in [0.4, 0.5) is 0 Å². The molecule has 0 saturated carbocycles. The Morgan fingerprint density at radius 1 is 0.463 bits per heavy atom. The minimum atomic E-state index is 0.470. The molecule has 0 spiro atoms. The average Bonchev–Trinajstić information content (AvgIpc) is 3.79. The molecular formula is C47H26N6O. The monoisotopic (exact) mass is 690 g/mol. The number of hydrogen-bond donors (Lipinski definition) is 0. The molecule has 250 valence electrons. The maximum absolute atomic E-state index is 9.75. The number of benzene rings is 7. The van der Waals surface area contributed by atoms with Gasteiger partial charge in [0.05, 0.1) is 33.9 Å². The summed E-state index contributed by atoms with van der Waals surface area (Å²) in [4.78, 5) is 20.7. The van der Waals surface area contributed by atoms with E-state index in [2.05, 4.69) is 89.5 Å². The van der Waals surface area contributed by atoms with E-state index in [-0.39, 0.29) is 0 Å². The van der Waals surface area contributed by atoms with E-state index in [1.165, 1.54) is 0 Å². The maximum atomic E-state index is 9.75. The van der Waals surface area contributed by atoms with Gasteiger partial charge in [0.2, 0.25) is 5.95 Å². The molecule has 7 nitrogen and oxygen atoms in total. The smallest absolute Gasteiger partial charge is 0.238 e. The van der Waals surface area contributed by atoms with Crippen LogP contribution in [0.15, 0.2) is 162 Å². The van der Waals surface area contributed by atoms with Gasteiger partial charge in [-0.2, -0.15) is 15.2 Å². The van der Waals surface area contributed by atoms with E-state index in [1.807, 2.05) is 72.8 Å². The fourth-order valence-electron chi connectivity index (χ4n) is 7.85. The Bertz CT molecular complexity index is 3300. The maximum Gasteiger partial charge on any atom is 0.238 e. The first-order valence-corrected chi connectivity index (χ1v) is 17.7. The Balaban J connectivity index is 1.21. The van der Waals surface area contributed by atoms with Gasteiger partial charge in [0.1, 0.15) is 11.2 Å². The Kier molecular flexibility index (Phi) is 6.48. The lowest BCUT2D eigenvalue weighted by Gasteiger charge is -2.13. The first-order chi connectivity index (χ1) is 26.7. The second-order valence-corrected chi connectivity index (χ2v) is 13.4. The number of para-hydroxylation sites is 3. The van der Waals surface area contributed by atoms with Gasteiger partial charge in [-0.05, 0) is 48.5 Å². The summed E-state index contributed by atoms with van der Waals surface area (Å²) < 4.78 is 8.45. The van der Waals surface area contributed by atoms with Crippen molar-refractivity contribution in [3.05, 3.63) is 163 Å². The van der Waals surface area contributed by atoms with Gasteiger partial charge in [0.25, 0.3) is 0 Å². The van der Waals surface area contributed by atoms with Gasteiger partial charge in [-0.15, -0.1) is 0 Å². The van der Waals surface area contributed by atoms with Crippen LogP contribution >= 0.6 is 0 Å². The quantitative estimate of drug-likeness (QED) is 0.171. The van der Waals surface area contributed by atoms with Crippen LogP contribution in [0.25, 0.3) is 105 Å². The zero-order chi connectivity index (χ0) is 35.8. The number of nitrogens with zero attached hydrogens (tertiary/aromatic N) is 6. The van der Waals surface area contributed by atoms with E-state index in [0.717, 1.165) is 87.8 Å². The minimum Gasteiger partial charge on any atom is -0.456 e. The number of hydrogen-bond acceptors (Lipinski definition) is 6. The Morgan fingerprint density at radius 2 is 1.11 bits per heavy atom. The summed E-state index contributed by atoms with van der Waals surface area (Å²) in [5, 5.41) is 17.2. The number of nitriles is 1. The molecule has 4 aromatic heterocycles. The molecule has 7 heteroatoms. The van der Waals surface area contributed by atoms with Crippen LogP contribution in [0.2, 0.25) is 0 Å². The zero-order valence-corrected chi connectivity index (χ0v) is 28.6. The summed E-state index contributed by atoms with van der Waals surface area (Å²) in [7, 11) is 0. The van der Waals surface area contributed by atoms with Crippen molar-refractivity contribution in [3.8, 4) is 46.1 Å². The molecule has 0 fully saturated rings. The van der Waals surface area contributed by atoms with Gasteiger partial charge >= 0.3 is 0 Å². The third-order valence-corrected chi connectivity index (χ3v) is 10.3. The van der Waals surface area contributed by atoms with Gasteiger partial charge in [-0.1, -0.05) is 109 Å². The second-order valence-electron chi connectivity index (χ2n) is 13.4. The van der Waals surface area contributed by atoms with Gasteiger partial charge in [0, 0.05) is 54.4 Å². The predicted octanol–water partition coefficient (Wildman–Crippen LogP) is 11.4. The van der Waals surface area contributed by atoms with E-state index >= 15 is 0 Å². The van der Waals surface area contributed by atoms with Crippen molar-refractivity contribution in [2.24, 2.45) is 0 Å². The summed E-state index contributed by atoms with van der Waals surface area (Å²) in [6.45, 7) is 0. The van der Waals surface area contributed by atoms with Gasteiger partial charge in [0.15, 0.2) is 11.6 Å². The Morgan fingerprint density at radius 3 is 1.87 bits per heavy atom. The van der Waals surface area contributed by atoms with Crippen LogP contribution in [0, 0.1) is 11.3 Å². The lowest BCUT2D eigenvalue weighted by atomic mass is 9.95. The van der Waals surface area contributed by atoms with Crippen LogP contribution < -0.4 is 0 Å². The van der Waals surface area contributed by atoms with Gasteiger partial charge in [-0.3, -0.25) is 4.57 Å². The van der Waals surface area contributed by atoms with Gasteiger partial charge in [-0.25, -0.2) is 9.97 Å². The summed E-state index contributed by atoms with van der Waals surface area (Å²) >= 11 is 0. The number of rotatable bonds is 4. The average molecular weight is 691 g/mol. The van der Waals surface area contributed by atoms with Crippen molar-refractivity contribution in [2.75, 3.05) is 0 Å². The van der Waals surface area contributed by atoms with E-state index in [1.54, 1.807) is 6.07 Å². The summed E-state index contributed by atoms with van der Waals surface area (Å²) in [6.07, 6.45) is 0. The molecule has 0 aliphatic carbocycles. The highest BCUT2D eigenvalue weighted by Gasteiger charge is 2.21. The molecule has 11 rings (SSSR count). The second kappa shape index (κ2) is 11.7. The number of pyridine rings is 1. The first-order valence-electron chi connectivity index (χ1n) is 17.7. The molecule has 0 radical (unpaired) electrons. The highest BCUT2D eigenvalue weighted by Crippen LogP contribution is 2.42.